The van der Waals surface area contributed by atoms with Crippen LogP contribution in [0.2, 0.25) is 0 Å². The number of amides is 1. The first-order valence-electron chi connectivity index (χ1n) is 10.1. The zero-order valence-electron chi connectivity index (χ0n) is 16.8. The molecule has 1 amide bonds. The summed E-state index contributed by atoms with van der Waals surface area (Å²) in [6.45, 7) is 1.63. The molecule has 5 nitrogen and oxygen atoms in total. The lowest BCUT2D eigenvalue weighted by Crippen LogP contribution is -2.33. The van der Waals surface area contributed by atoms with Crippen molar-refractivity contribution < 1.29 is 18.0 Å². The van der Waals surface area contributed by atoms with Gasteiger partial charge in [-0.1, -0.05) is 18.2 Å². The molecule has 0 aliphatic carbocycles. The van der Waals surface area contributed by atoms with Crippen LogP contribution in [0.15, 0.2) is 78.2 Å². The van der Waals surface area contributed by atoms with Crippen molar-refractivity contribution in [2.75, 3.05) is 18.4 Å². The fourth-order valence-corrected chi connectivity index (χ4v) is 3.91. The largest absolute Gasteiger partial charge is 0.366 e. The quantitative estimate of drug-likeness (QED) is 0.681. The molecule has 3 aliphatic heterocycles. The predicted molar refractivity (Wildman–Crippen MR) is 116 cm³/mol. The van der Waals surface area contributed by atoms with Crippen LogP contribution in [0.1, 0.15) is 15.9 Å². The van der Waals surface area contributed by atoms with Gasteiger partial charge in [0.1, 0.15) is 23.6 Å². The summed E-state index contributed by atoms with van der Waals surface area (Å²) < 4.78 is 41.7. The molecule has 5 rings (SSSR count). The number of allylic oxidation sites excluding steroid dienone is 1. The third-order valence-corrected chi connectivity index (χ3v) is 5.57. The minimum atomic E-state index is -0.933. The van der Waals surface area contributed by atoms with Crippen LogP contribution >= 0.6 is 0 Å². The Hall–Kier alpha value is -3.78. The van der Waals surface area contributed by atoms with Crippen molar-refractivity contribution in [1.82, 2.24) is 15.5 Å². The lowest BCUT2D eigenvalue weighted by Gasteiger charge is -2.28. The maximum Gasteiger partial charge on any atom is 0.258 e. The molecule has 0 fully saturated rings. The molecule has 0 bridgehead atoms. The van der Waals surface area contributed by atoms with E-state index in [0.717, 1.165) is 36.5 Å². The van der Waals surface area contributed by atoms with E-state index in [9.17, 15) is 18.0 Å². The minimum absolute atomic E-state index is 0.0730. The van der Waals surface area contributed by atoms with Crippen molar-refractivity contribution in [3.63, 3.8) is 0 Å². The normalized spacial score (nSPS) is 19.2. The van der Waals surface area contributed by atoms with E-state index in [1.54, 1.807) is 12.3 Å². The summed E-state index contributed by atoms with van der Waals surface area (Å²) in [5.41, 5.74) is 3.18. The summed E-state index contributed by atoms with van der Waals surface area (Å²) in [4.78, 5) is 14.5. The SMILES string of the molecule is O=C(Nc1ccc(F)cc1F)c1ccc(C2=CNC3C=CC(C4=CCNC4)=CN23)cc1F. The second-order valence-corrected chi connectivity index (χ2v) is 7.63. The van der Waals surface area contributed by atoms with Gasteiger partial charge in [-0.3, -0.25) is 4.79 Å². The first-order chi connectivity index (χ1) is 15.5. The summed E-state index contributed by atoms with van der Waals surface area (Å²) in [6.07, 6.45) is 9.99. The Kier molecular flexibility index (Phi) is 5.07. The Labute approximate surface area is 182 Å². The highest BCUT2D eigenvalue weighted by Gasteiger charge is 2.27. The number of nitrogens with zero attached hydrogens (tertiary/aromatic N) is 1. The first-order valence-corrected chi connectivity index (χ1v) is 10.1. The molecule has 0 saturated carbocycles. The molecule has 0 saturated heterocycles. The number of anilines is 1. The van der Waals surface area contributed by atoms with Gasteiger partial charge in [0.15, 0.2) is 0 Å². The topological polar surface area (TPSA) is 56.4 Å². The number of benzene rings is 2. The van der Waals surface area contributed by atoms with Crippen LogP contribution in [0, 0.1) is 17.5 Å². The molecule has 2 aromatic carbocycles. The highest BCUT2D eigenvalue weighted by Crippen LogP contribution is 2.32. The van der Waals surface area contributed by atoms with Crippen molar-refractivity contribution in [1.29, 1.82) is 0 Å². The third-order valence-electron chi connectivity index (χ3n) is 5.57. The van der Waals surface area contributed by atoms with Crippen LogP contribution < -0.4 is 16.0 Å². The van der Waals surface area contributed by atoms with Crippen molar-refractivity contribution >= 4 is 17.3 Å². The second-order valence-electron chi connectivity index (χ2n) is 7.63. The molecule has 1 atom stereocenters. The van der Waals surface area contributed by atoms with Crippen LogP contribution in [0.5, 0.6) is 0 Å². The fourth-order valence-electron chi connectivity index (χ4n) is 3.91. The monoisotopic (exact) mass is 436 g/mol. The molecule has 32 heavy (non-hydrogen) atoms. The Bertz CT molecular complexity index is 1230. The van der Waals surface area contributed by atoms with Crippen LogP contribution in [-0.4, -0.2) is 30.1 Å². The van der Waals surface area contributed by atoms with Crippen LogP contribution in [0.3, 0.4) is 0 Å². The Morgan fingerprint density at radius 3 is 2.72 bits per heavy atom. The minimum Gasteiger partial charge on any atom is -0.366 e. The van der Waals surface area contributed by atoms with E-state index in [1.807, 2.05) is 17.2 Å². The highest BCUT2D eigenvalue weighted by atomic mass is 19.1. The van der Waals surface area contributed by atoms with Crippen molar-refractivity contribution in [2.24, 2.45) is 0 Å². The Morgan fingerprint density at radius 1 is 1.09 bits per heavy atom. The zero-order valence-corrected chi connectivity index (χ0v) is 16.8. The second kappa shape index (κ2) is 8.05. The molecule has 2 aromatic rings. The molecule has 0 aromatic heterocycles. The van der Waals surface area contributed by atoms with E-state index < -0.39 is 23.4 Å². The van der Waals surface area contributed by atoms with E-state index in [-0.39, 0.29) is 17.4 Å². The molecular weight excluding hydrogens is 417 g/mol. The van der Waals surface area contributed by atoms with Gasteiger partial charge in [-0.15, -0.1) is 0 Å². The molecule has 162 valence electrons. The molecule has 3 heterocycles. The summed E-state index contributed by atoms with van der Waals surface area (Å²) in [5, 5.41) is 8.79. The van der Waals surface area contributed by atoms with E-state index >= 15 is 0 Å². The van der Waals surface area contributed by atoms with Crippen molar-refractivity contribution in [3.05, 3.63) is 107 Å². The van der Waals surface area contributed by atoms with Crippen molar-refractivity contribution in [3.8, 4) is 0 Å². The van der Waals surface area contributed by atoms with E-state index in [2.05, 4.69) is 28.1 Å². The van der Waals surface area contributed by atoms with Gasteiger partial charge in [-0.2, -0.15) is 0 Å². The summed E-state index contributed by atoms with van der Waals surface area (Å²) >= 11 is 0. The van der Waals surface area contributed by atoms with Crippen LogP contribution in [0.25, 0.3) is 5.70 Å². The number of rotatable bonds is 4. The Balaban J connectivity index is 1.37. The number of carbonyl (C=O) groups excluding carboxylic acids is 1. The van der Waals surface area contributed by atoms with Crippen molar-refractivity contribution in [2.45, 2.75) is 6.17 Å². The smallest absolute Gasteiger partial charge is 0.258 e. The van der Waals surface area contributed by atoms with Gasteiger partial charge in [0.05, 0.1) is 16.9 Å². The summed E-state index contributed by atoms with van der Waals surface area (Å²) in [5.74, 6) is -3.26. The molecular formula is C24H19F3N4O. The number of nitrogens with one attached hydrogen (secondary N) is 3. The standard InChI is InChI=1S/C24H19F3N4O/c25-17-3-5-21(20(27)10-17)30-24(32)18-4-1-14(9-19(18)26)22-12-29-23-6-2-16(13-31(22)23)15-7-8-28-11-15/h1-7,9-10,12-13,23,28-29H,8,11H2,(H,30,32). The molecule has 0 radical (unpaired) electrons. The van der Waals surface area contributed by atoms with Gasteiger partial charge < -0.3 is 20.9 Å². The molecule has 8 heteroatoms. The van der Waals surface area contributed by atoms with Gasteiger partial charge in [0.2, 0.25) is 0 Å². The van der Waals surface area contributed by atoms with Crippen LogP contribution in [-0.2, 0) is 0 Å². The Morgan fingerprint density at radius 2 is 1.97 bits per heavy atom. The average molecular weight is 436 g/mol. The maximum absolute atomic E-state index is 14.8. The zero-order chi connectivity index (χ0) is 22.2. The van der Waals surface area contributed by atoms with Crippen LogP contribution in [0.4, 0.5) is 18.9 Å². The molecule has 3 N–H and O–H groups in total. The van der Waals surface area contributed by atoms with Gasteiger partial charge in [-0.25, -0.2) is 13.2 Å². The summed E-state index contributed by atoms with van der Waals surface area (Å²) in [6, 6.07) is 7.01. The van der Waals surface area contributed by atoms with Gasteiger partial charge in [0, 0.05) is 37.1 Å². The summed E-state index contributed by atoms with van der Waals surface area (Å²) in [7, 11) is 0. The predicted octanol–water partition coefficient (Wildman–Crippen LogP) is 3.87. The number of fused-ring (bicyclic) bond motifs is 1. The van der Waals surface area contributed by atoms with Gasteiger partial charge in [-0.05, 0) is 41.5 Å². The number of halogens is 3. The average Bonchev–Trinajstić information content (AvgIpc) is 3.45. The van der Waals surface area contributed by atoms with E-state index in [1.165, 1.54) is 17.7 Å². The fraction of sp³-hybridized carbons (Fsp3) is 0.125. The number of hydrogen-bond donors (Lipinski definition) is 3. The molecule has 1 unspecified atom stereocenters. The number of hydrogen-bond acceptors (Lipinski definition) is 4. The molecule has 3 aliphatic rings. The van der Waals surface area contributed by atoms with E-state index in [0.29, 0.717) is 11.6 Å². The number of carbonyl (C=O) groups is 1. The maximum atomic E-state index is 14.8. The lowest BCUT2D eigenvalue weighted by molar-refractivity contribution is 0.102. The molecule has 0 spiro atoms. The van der Waals surface area contributed by atoms with Gasteiger partial charge >= 0.3 is 0 Å². The highest BCUT2D eigenvalue weighted by molar-refractivity contribution is 6.04. The lowest BCUT2D eigenvalue weighted by atomic mass is 10.0. The van der Waals surface area contributed by atoms with E-state index in [4.69, 9.17) is 0 Å². The van der Waals surface area contributed by atoms with Gasteiger partial charge in [0.25, 0.3) is 5.91 Å². The third kappa shape index (κ3) is 3.69. The first kappa shape index (κ1) is 20.1.